The van der Waals surface area contributed by atoms with Gasteiger partial charge in [-0.3, -0.25) is 5.10 Å². The highest BCUT2D eigenvalue weighted by Crippen LogP contribution is 2.26. The zero-order valence-electron chi connectivity index (χ0n) is 12.9. The van der Waals surface area contributed by atoms with E-state index in [0.717, 1.165) is 24.5 Å². The lowest BCUT2D eigenvalue weighted by Gasteiger charge is -2.13. The summed E-state index contributed by atoms with van der Waals surface area (Å²) in [4.78, 5) is 2.49. The van der Waals surface area contributed by atoms with Crippen LogP contribution in [0.25, 0.3) is 0 Å². The average Bonchev–Trinajstić information content (AvgIpc) is 3.16. The van der Waals surface area contributed by atoms with E-state index in [1.807, 2.05) is 0 Å². The van der Waals surface area contributed by atoms with Gasteiger partial charge in [0.25, 0.3) is 0 Å². The first-order valence-corrected chi connectivity index (χ1v) is 7.89. The smallest absolute Gasteiger partial charge is 0.130 e. The summed E-state index contributed by atoms with van der Waals surface area (Å²) in [5.41, 5.74) is 2.07. The number of aromatic amines is 1. The highest BCUT2D eigenvalue weighted by atomic mass is 19.1. The number of likely N-dealkylation sites (tertiary alicyclic amines) is 1. The molecule has 1 N–H and O–H groups in total. The van der Waals surface area contributed by atoms with Crippen LogP contribution in [-0.2, 0) is 6.61 Å². The van der Waals surface area contributed by atoms with E-state index in [2.05, 4.69) is 28.1 Å². The molecule has 0 bridgehead atoms. The Balaban J connectivity index is 1.54. The molecular weight excluding hydrogens is 281 g/mol. The molecule has 0 unspecified atom stereocenters. The average molecular weight is 303 g/mol. The van der Waals surface area contributed by atoms with E-state index in [1.165, 1.54) is 31.5 Å². The van der Waals surface area contributed by atoms with Crippen molar-refractivity contribution in [3.63, 3.8) is 0 Å². The quantitative estimate of drug-likeness (QED) is 0.890. The van der Waals surface area contributed by atoms with E-state index in [1.54, 1.807) is 12.1 Å². The zero-order valence-corrected chi connectivity index (χ0v) is 12.9. The number of H-pyrrole nitrogens is 1. The summed E-state index contributed by atoms with van der Waals surface area (Å²) < 4.78 is 18.5. The molecule has 22 heavy (non-hydrogen) atoms. The van der Waals surface area contributed by atoms with E-state index in [9.17, 15) is 4.39 Å². The lowest BCUT2D eigenvalue weighted by Crippen LogP contribution is -2.20. The number of benzene rings is 1. The van der Waals surface area contributed by atoms with Crippen LogP contribution < -0.4 is 4.74 Å². The van der Waals surface area contributed by atoms with Crippen molar-refractivity contribution in [2.45, 2.75) is 32.3 Å². The number of ether oxygens (including phenoxy) is 1. The molecule has 2 aromatic rings. The van der Waals surface area contributed by atoms with Gasteiger partial charge in [0.2, 0.25) is 0 Å². The Morgan fingerprint density at radius 3 is 2.95 bits per heavy atom. The Bertz CT molecular complexity index is 596. The molecule has 0 saturated carbocycles. The molecule has 4 nitrogen and oxygen atoms in total. The van der Waals surface area contributed by atoms with Crippen LogP contribution in [-0.4, -0.2) is 34.7 Å². The minimum Gasteiger partial charge on any atom is -0.487 e. The van der Waals surface area contributed by atoms with Gasteiger partial charge in [0, 0.05) is 12.5 Å². The summed E-state index contributed by atoms with van der Waals surface area (Å²) in [5, 5.41) is 7.47. The summed E-state index contributed by atoms with van der Waals surface area (Å²) in [6.07, 6.45) is 2.37. The fraction of sp³-hybridized carbons (Fsp3) is 0.471. The zero-order chi connectivity index (χ0) is 15.4. The molecule has 1 aliphatic heterocycles. The van der Waals surface area contributed by atoms with Gasteiger partial charge in [-0.1, -0.05) is 6.92 Å². The van der Waals surface area contributed by atoms with Crippen LogP contribution in [0.15, 0.2) is 30.3 Å². The van der Waals surface area contributed by atoms with Crippen molar-refractivity contribution in [3.8, 4) is 5.75 Å². The molecule has 3 rings (SSSR count). The number of nitrogens with zero attached hydrogens (tertiary/aromatic N) is 2. The van der Waals surface area contributed by atoms with Gasteiger partial charge in [-0.2, -0.15) is 5.10 Å². The maximum atomic E-state index is 12.8. The van der Waals surface area contributed by atoms with Gasteiger partial charge in [0.05, 0.1) is 11.4 Å². The maximum Gasteiger partial charge on any atom is 0.130 e. The van der Waals surface area contributed by atoms with Crippen LogP contribution in [0.3, 0.4) is 0 Å². The number of halogens is 1. The predicted molar refractivity (Wildman–Crippen MR) is 83.4 cm³/mol. The summed E-state index contributed by atoms with van der Waals surface area (Å²) in [6.45, 7) is 6.06. The molecule has 0 radical (unpaired) electrons. The number of nitrogens with one attached hydrogen (secondary N) is 1. The third-order valence-corrected chi connectivity index (χ3v) is 4.09. The third kappa shape index (κ3) is 3.65. The van der Waals surface area contributed by atoms with Crippen LogP contribution in [0.5, 0.6) is 5.75 Å². The van der Waals surface area contributed by atoms with Gasteiger partial charge >= 0.3 is 0 Å². The first-order chi connectivity index (χ1) is 10.7. The second-order valence-corrected chi connectivity index (χ2v) is 5.85. The Labute approximate surface area is 130 Å². The molecule has 0 spiro atoms. The molecule has 1 aromatic heterocycles. The lowest BCUT2D eigenvalue weighted by molar-refractivity contribution is 0.300. The van der Waals surface area contributed by atoms with Gasteiger partial charge < -0.3 is 9.64 Å². The molecule has 1 aromatic carbocycles. The number of aromatic nitrogens is 2. The molecule has 5 heteroatoms. The van der Waals surface area contributed by atoms with Gasteiger partial charge in [0.1, 0.15) is 18.2 Å². The van der Waals surface area contributed by atoms with Crippen LogP contribution in [0.1, 0.15) is 37.1 Å². The van der Waals surface area contributed by atoms with Gasteiger partial charge in [-0.15, -0.1) is 0 Å². The van der Waals surface area contributed by atoms with Crippen LogP contribution in [0.2, 0.25) is 0 Å². The SMILES string of the molecule is CCCN1CC[C@H](c2cc(COc3ccc(F)cc3)[nH]n2)C1. The molecule has 1 saturated heterocycles. The Hall–Kier alpha value is -1.88. The highest BCUT2D eigenvalue weighted by Gasteiger charge is 2.25. The van der Waals surface area contributed by atoms with E-state index in [4.69, 9.17) is 4.74 Å². The first-order valence-electron chi connectivity index (χ1n) is 7.89. The number of hydrogen-bond acceptors (Lipinski definition) is 3. The molecule has 1 aliphatic rings. The molecule has 0 amide bonds. The molecule has 2 heterocycles. The minimum atomic E-state index is -0.256. The molecule has 1 fully saturated rings. The van der Waals surface area contributed by atoms with Crippen molar-refractivity contribution in [3.05, 3.63) is 47.5 Å². The maximum absolute atomic E-state index is 12.8. The fourth-order valence-corrected chi connectivity index (χ4v) is 2.95. The first kappa shape index (κ1) is 15.0. The summed E-state index contributed by atoms with van der Waals surface area (Å²) in [7, 11) is 0. The second kappa shape index (κ2) is 6.92. The monoisotopic (exact) mass is 303 g/mol. The van der Waals surface area contributed by atoms with Crippen molar-refractivity contribution >= 4 is 0 Å². The Morgan fingerprint density at radius 2 is 2.18 bits per heavy atom. The van der Waals surface area contributed by atoms with E-state index >= 15 is 0 Å². The second-order valence-electron chi connectivity index (χ2n) is 5.85. The summed E-state index contributed by atoms with van der Waals surface area (Å²) >= 11 is 0. The number of hydrogen-bond donors (Lipinski definition) is 1. The molecular formula is C17H22FN3O. The third-order valence-electron chi connectivity index (χ3n) is 4.09. The summed E-state index contributed by atoms with van der Waals surface area (Å²) in [6, 6.07) is 8.14. The standard InChI is InChI=1S/C17H22FN3O/c1-2-8-21-9-7-13(11-21)17-10-15(19-20-17)12-22-16-5-3-14(18)4-6-16/h3-6,10,13H,2,7-9,11-12H2,1H3,(H,19,20)/t13-/m0/s1. The van der Waals surface area contributed by atoms with Gasteiger partial charge in [-0.25, -0.2) is 4.39 Å². The molecule has 0 aliphatic carbocycles. The summed E-state index contributed by atoms with van der Waals surface area (Å²) in [5.74, 6) is 0.920. The number of rotatable bonds is 6. The van der Waals surface area contributed by atoms with Crippen LogP contribution in [0.4, 0.5) is 4.39 Å². The Kier molecular flexibility index (Phi) is 4.73. The van der Waals surface area contributed by atoms with E-state index in [0.29, 0.717) is 18.3 Å². The van der Waals surface area contributed by atoms with Gasteiger partial charge in [0.15, 0.2) is 0 Å². The molecule has 1 atom stereocenters. The predicted octanol–water partition coefficient (Wildman–Crippen LogP) is 3.33. The van der Waals surface area contributed by atoms with E-state index < -0.39 is 0 Å². The van der Waals surface area contributed by atoms with Crippen molar-refractivity contribution in [1.29, 1.82) is 0 Å². The largest absolute Gasteiger partial charge is 0.487 e. The normalized spacial score (nSPS) is 18.7. The topological polar surface area (TPSA) is 41.1 Å². The van der Waals surface area contributed by atoms with Crippen LogP contribution >= 0.6 is 0 Å². The van der Waals surface area contributed by atoms with Crippen molar-refractivity contribution in [2.75, 3.05) is 19.6 Å². The van der Waals surface area contributed by atoms with Crippen molar-refractivity contribution in [2.24, 2.45) is 0 Å². The lowest BCUT2D eigenvalue weighted by atomic mass is 10.1. The highest BCUT2D eigenvalue weighted by molar-refractivity contribution is 5.23. The van der Waals surface area contributed by atoms with Gasteiger partial charge in [-0.05, 0) is 56.3 Å². The minimum absolute atomic E-state index is 0.256. The molecule has 118 valence electrons. The van der Waals surface area contributed by atoms with Crippen LogP contribution in [0, 0.1) is 5.82 Å². The van der Waals surface area contributed by atoms with Crippen molar-refractivity contribution in [1.82, 2.24) is 15.1 Å². The van der Waals surface area contributed by atoms with Crippen molar-refractivity contribution < 1.29 is 9.13 Å². The fourth-order valence-electron chi connectivity index (χ4n) is 2.95. The Morgan fingerprint density at radius 1 is 1.36 bits per heavy atom. The van der Waals surface area contributed by atoms with E-state index in [-0.39, 0.29) is 5.82 Å².